The van der Waals surface area contributed by atoms with Gasteiger partial charge in [0.05, 0.1) is 0 Å². The van der Waals surface area contributed by atoms with Crippen LogP contribution in [-0.2, 0) is 11.2 Å². The van der Waals surface area contributed by atoms with Crippen LogP contribution in [0.4, 0.5) is 5.69 Å². The number of aromatic nitrogens is 4. The lowest BCUT2D eigenvalue weighted by Crippen LogP contribution is -2.26. The molecule has 2 heterocycles. The molecule has 0 spiro atoms. The van der Waals surface area contributed by atoms with Gasteiger partial charge in [0.25, 0.3) is 9.70 Å². The fourth-order valence-electron chi connectivity index (χ4n) is 1.93. The molecule has 0 saturated heterocycles. The number of benzene rings is 1. The van der Waals surface area contributed by atoms with Crippen LogP contribution in [0.5, 0.6) is 0 Å². The molecule has 0 aliphatic heterocycles. The number of fused-ring (bicyclic) bond motifs is 1. The Morgan fingerprint density at radius 1 is 1.35 bits per heavy atom. The molecule has 3 aromatic rings. The molecular formula is C13H10Cl3N5OS. The van der Waals surface area contributed by atoms with Gasteiger partial charge in [0.15, 0.2) is 5.82 Å². The average Bonchev–Trinajstić information content (AvgIpc) is 3.06. The van der Waals surface area contributed by atoms with Crippen molar-refractivity contribution in [3.63, 3.8) is 0 Å². The number of amides is 1. The van der Waals surface area contributed by atoms with E-state index in [4.69, 9.17) is 34.8 Å². The smallest absolute Gasteiger partial charge is 0.276 e. The number of hydrogen-bond acceptors (Lipinski definition) is 5. The summed E-state index contributed by atoms with van der Waals surface area (Å²) in [6.45, 7) is 1.99. The van der Waals surface area contributed by atoms with Crippen molar-refractivity contribution in [2.75, 3.05) is 5.32 Å². The zero-order valence-electron chi connectivity index (χ0n) is 11.8. The van der Waals surface area contributed by atoms with E-state index in [0.29, 0.717) is 10.6 Å². The topological polar surface area (TPSA) is 72.2 Å². The van der Waals surface area contributed by atoms with E-state index in [-0.39, 0.29) is 0 Å². The zero-order chi connectivity index (χ0) is 16.6. The SMILES string of the molecule is CCc1nnc2sc(-c3cccc(NC(=O)C(Cl)(Cl)Cl)c3)nn12. The first-order valence-electron chi connectivity index (χ1n) is 6.58. The van der Waals surface area contributed by atoms with Gasteiger partial charge in [-0.05, 0) is 12.1 Å². The molecule has 0 fully saturated rings. The third-order valence-corrected chi connectivity index (χ3v) is 4.46. The summed E-state index contributed by atoms with van der Waals surface area (Å²) in [7, 11) is 0. The fourth-order valence-corrected chi connectivity index (χ4v) is 2.92. The summed E-state index contributed by atoms with van der Waals surface area (Å²) < 4.78 is -0.299. The minimum absolute atomic E-state index is 0.514. The minimum Gasteiger partial charge on any atom is -0.322 e. The molecule has 10 heteroatoms. The second-order valence-corrected chi connectivity index (χ2v) is 7.84. The Labute approximate surface area is 150 Å². The van der Waals surface area contributed by atoms with E-state index >= 15 is 0 Å². The maximum atomic E-state index is 11.7. The van der Waals surface area contributed by atoms with Crippen LogP contribution in [0.25, 0.3) is 15.5 Å². The molecule has 0 radical (unpaired) electrons. The number of rotatable bonds is 3. The lowest BCUT2D eigenvalue weighted by Gasteiger charge is -2.11. The molecule has 6 nitrogen and oxygen atoms in total. The van der Waals surface area contributed by atoms with E-state index < -0.39 is 9.70 Å². The van der Waals surface area contributed by atoms with Crippen LogP contribution in [0, 0.1) is 0 Å². The van der Waals surface area contributed by atoms with E-state index in [1.807, 2.05) is 13.0 Å². The van der Waals surface area contributed by atoms with Crippen molar-refractivity contribution >= 4 is 62.7 Å². The van der Waals surface area contributed by atoms with Crippen molar-refractivity contribution in [1.82, 2.24) is 19.8 Å². The summed E-state index contributed by atoms with van der Waals surface area (Å²) in [5, 5.41) is 15.9. The highest BCUT2D eigenvalue weighted by Gasteiger charge is 2.30. The van der Waals surface area contributed by atoms with E-state index in [1.54, 1.807) is 22.7 Å². The summed E-state index contributed by atoms with van der Waals surface area (Å²) >= 11 is 18.1. The third kappa shape index (κ3) is 3.42. The second-order valence-electron chi connectivity index (χ2n) is 4.60. The van der Waals surface area contributed by atoms with Crippen molar-refractivity contribution in [3.05, 3.63) is 30.1 Å². The quantitative estimate of drug-likeness (QED) is 0.692. The largest absolute Gasteiger partial charge is 0.322 e. The zero-order valence-corrected chi connectivity index (χ0v) is 14.8. The van der Waals surface area contributed by atoms with Gasteiger partial charge in [0.2, 0.25) is 4.96 Å². The Kier molecular flexibility index (Phi) is 4.46. The maximum Gasteiger partial charge on any atom is 0.276 e. The molecular weight excluding hydrogens is 381 g/mol. The summed E-state index contributed by atoms with van der Waals surface area (Å²) in [4.78, 5) is 12.4. The Bertz CT molecular complexity index is 870. The maximum absolute atomic E-state index is 11.7. The van der Waals surface area contributed by atoms with Gasteiger partial charge in [-0.15, -0.1) is 10.2 Å². The van der Waals surface area contributed by atoms with E-state index in [2.05, 4.69) is 20.6 Å². The van der Waals surface area contributed by atoms with E-state index in [1.165, 1.54) is 11.3 Å². The van der Waals surface area contributed by atoms with Crippen LogP contribution < -0.4 is 5.32 Å². The molecule has 0 aliphatic carbocycles. The summed E-state index contributed by atoms with van der Waals surface area (Å²) in [6, 6.07) is 7.12. The van der Waals surface area contributed by atoms with E-state index in [9.17, 15) is 4.79 Å². The second kappa shape index (κ2) is 6.24. The molecule has 1 aromatic carbocycles. The first-order chi connectivity index (χ1) is 10.9. The average molecular weight is 391 g/mol. The van der Waals surface area contributed by atoms with Crippen LogP contribution in [0.15, 0.2) is 24.3 Å². The van der Waals surface area contributed by atoms with Gasteiger partial charge in [0, 0.05) is 17.7 Å². The first-order valence-corrected chi connectivity index (χ1v) is 8.53. The highest BCUT2D eigenvalue weighted by Crippen LogP contribution is 2.30. The van der Waals surface area contributed by atoms with Gasteiger partial charge in [0.1, 0.15) is 5.01 Å². The van der Waals surface area contributed by atoms with Crippen molar-refractivity contribution in [3.8, 4) is 10.6 Å². The molecule has 0 saturated carbocycles. The molecule has 1 N–H and O–H groups in total. The molecule has 0 bridgehead atoms. The fraction of sp³-hybridized carbons (Fsp3) is 0.231. The number of carbonyl (C=O) groups is 1. The van der Waals surface area contributed by atoms with Crippen molar-refractivity contribution in [1.29, 1.82) is 0 Å². The number of alkyl halides is 3. The van der Waals surface area contributed by atoms with Crippen LogP contribution in [-0.4, -0.2) is 29.5 Å². The Morgan fingerprint density at radius 2 is 2.13 bits per heavy atom. The molecule has 120 valence electrons. The van der Waals surface area contributed by atoms with Gasteiger partial charge in [-0.3, -0.25) is 4.79 Å². The Hall–Kier alpha value is -1.41. The molecule has 2 aromatic heterocycles. The number of carbonyl (C=O) groups excluding carboxylic acids is 1. The number of anilines is 1. The standard InChI is InChI=1S/C13H10Cl3N5OS/c1-2-9-18-19-12-21(9)20-10(23-12)7-4-3-5-8(6-7)17-11(22)13(14,15)16/h3-6H,2H2,1H3,(H,17,22). The van der Waals surface area contributed by atoms with Crippen molar-refractivity contribution in [2.45, 2.75) is 17.1 Å². The summed E-state index contributed by atoms with van der Waals surface area (Å²) in [6.07, 6.45) is 0.740. The molecule has 23 heavy (non-hydrogen) atoms. The monoisotopic (exact) mass is 389 g/mol. The molecule has 1 amide bonds. The lowest BCUT2D eigenvalue weighted by atomic mass is 10.2. The van der Waals surface area contributed by atoms with Gasteiger partial charge in [-0.25, -0.2) is 0 Å². The van der Waals surface area contributed by atoms with E-state index in [0.717, 1.165) is 22.8 Å². The van der Waals surface area contributed by atoms with Crippen LogP contribution in [0.3, 0.4) is 0 Å². The lowest BCUT2D eigenvalue weighted by molar-refractivity contribution is -0.115. The number of hydrogen-bond donors (Lipinski definition) is 1. The minimum atomic E-state index is -2.01. The predicted molar refractivity (Wildman–Crippen MR) is 92.4 cm³/mol. The molecule has 0 atom stereocenters. The predicted octanol–water partition coefficient (Wildman–Crippen LogP) is 3.72. The molecule has 0 aliphatic rings. The van der Waals surface area contributed by atoms with Crippen LogP contribution in [0.1, 0.15) is 12.7 Å². The number of halogens is 3. The Balaban J connectivity index is 1.92. The highest BCUT2D eigenvalue weighted by atomic mass is 35.6. The van der Waals surface area contributed by atoms with Crippen LogP contribution in [0.2, 0.25) is 0 Å². The number of aryl methyl sites for hydroxylation is 1. The first kappa shape index (κ1) is 16.4. The van der Waals surface area contributed by atoms with Gasteiger partial charge in [-0.2, -0.15) is 9.61 Å². The normalized spacial score (nSPS) is 11.8. The molecule has 0 unspecified atom stereocenters. The summed E-state index contributed by atoms with van der Waals surface area (Å²) in [5.41, 5.74) is 1.34. The number of nitrogens with one attached hydrogen (secondary N) is 1. The summed E-state index contributed by atoms with van der Waals surface area (Å²) in [5.74, 6) is 0.0780. The van der Waals surface area contributed by atoms with Gasteiger partial charge >= 0.3 is 0 Å². The van der Waals surface area contributed by atoms with Crippen molar-refractivity contribution < 1.29 is 4.79 Å². The third-order valence-electron chi connectivity index (χ3n) is 3.00. The van der Waals surface area contributed by atoms with Crippen LogP contribution >= 0.6 is 46.1 Å². The molecule has 3 rings (SSSR count). The number of nitrogens with zero attached hydrogens (tertiary/aromatic N) is 4. The van der Waals surface area contributed by atoms with Gasteiger partial charge < -0.3 is 5.32 Å². The highest BCUT2D eigenvalue weighted by molar-refractivity contribution is 7.19. The Morgan fingerprint density at radius 3 is 2.83 bits per heavy atom. The van der Waals surface area contributed by atoms with Gasteiger partial charge in [-0.1, -0.05) is 65.2 Å². The van der Waals surface area contributed by atoms with Crippen molar-refractivity contribution in [2.24, 2.45) is 0 Å².